The Kier molecular flexibility index (Phi) is 3.86. The second-order valence-electron chi connectivity index (χ2n) is 3.59. The molecule has 0 aromatic carbocycles. The first-order chi connectivity index (χ1) is 8.27. The molecule has 0 bridgehead atoms. The molecular formula is C11H14BrN5. The standard InChI is InChI=1S/C11H14BrN5/c1-3-17-11(9(12)7-16-17)10(13-2)8-4-5-14-15-6-8/h4-7,10,13H,3H2,1-2H3. The van der Waals surface area contributed by atoms with Crippen molar-refractivity contribution in [1.29, 1.82) is 0 Å². The van der Waals surface area contributed by atoms with Crippen LogP contribution in [0.2, 0.25) is 0 Å². The fourth-order valence-corrected chi connectivity index (χ4v) is 2.37. The minimum absolute atomic E-state index is 0.0577. The van der Waals surface area contributed by atoms with Crippen LogP contribution >= 0.6 is 15.9 Å². The van der Waals surface area contributed by atoms with E-state index in [-0.39, 0.29) is 6.04 Å². The van der Waals surface area contributed by atoms with Crippen LogP contribution in [-0.2, 0) is 6.54 Å². The molecule has 0 aliphatic heterocycles. The van der Waals surface area contributed by atoms with Crippen LogP contribution in [0, 0.1) is 0 Å². The molecule has 90 valence electrons. The Bertz CT molecular complexity index is 482. The zero-order valence-corrected chi connectivity index (χ0v) is 11.3. The molecule has 2 aromatic heterocycles. The number of nitrogens with one attached hydrogen (secondary N) is 1. The first-order valence-corrected chi connectivity index (χ1v) is 6.22. The van der Waals surface area contributed by atoms with Gasteiger partial charge in [-0.3, -0.25) is 4.68 Å². The molecule has 1 N–H and O–H groups in total. The Morgan fingerprint density at radius 3 is 2.82 bits per heavy atom. The molecule has 2 heterocycles. The van der Waals surface area contributed by atoms with Crippen LogP contribution in [0.4, 0.5) is 0 Å². The van der Waals surface area contributed by atoms with E-state index in [1.54, 1.807) is 12.4 Å². The van der Waals surface area contributed by atoms with Crippen molar-refractivity contribution in [2.75, 3.05) is 7.05 Å². The van der Waals surface area contributed by atoms with Gasteiger partial charge in [-0.05, 0) is 41.5 Å². The van der Waals surface area contributed by atoms with Gasteiger partial charge < -0.3 is 5.32 Å². The summed E-state index contributed by atoms with van der Waals surface area (Å²) in [6, 6.07) is 2.01. The fraction of sp³-hybridized carbons (Fsp3) is 0.364. The highest BCUT2D eigenvalue weighted by molar-refractivity contribution is 9.10. The van der Waals surface area contributed by atoms with Crippen molar-refractivity contribution < 1.29 is 0 Å². The summed E-state index contributed by atoms with van der Waals surface area (Å²) >= 11 is 3.54. The van der Waals surface area contributed by atoms with Crippen LogP contribution in [-0.4, -0.2) is 27.0 Å². The highest BCUT2D eigenvalue weighted by Crippen LogP contribution is 2.27. The minimum Gasteiger partial charge on any atom is -0.308 e. The first-order valence-electron chi connectivity index (χ1n) is 5.43. The van der Waals surface area contributed by atoms with E-state index in [0.29, 0.717) is 0 Å². The molecule has 1 unspecified atom stereocenters. The van der Waals surface area contributed by atoms with Crippen LogP contribution in [0.3, 0.4) is 0 Å². The monoisotopic (exact) mass is 295 g/mol. The Morgan fingerprint density at radius 2 is 2.24 bits per heavy atom. The zero-order valence-electron chi connectivity index (χ0n) is 9.76. The summed E-state index contributed by atoms with van der Waals surface area (Å²) in [5.74, 6) is 0. The maximum atomic E-state index is 4.32. The number of hydrogen-bond acceptors (Lipinski definition) is 4. The molecule has 0 spiro atoms. The molecule has 1 atom stereocenters. The second kappa shape index (κ2) is 5.37. The summed E-state index contributed by atoms with van der Waals surface area (Å²) in [5, 5.41) is 15.3. The summed E-state index contributed by atoms with van der Waals surface area (Å²) in [4.78, 5) is 0. The molecular weight excluding hydrogens is 282 g/mol. The third-order valence-corrected chi connectivity index (χ3v) is 3.25. The van der Waals surface area contributed by atoms with Crippen molar-refractivity contribution in [3.8, 4) is 0 Å². The van der Waals surface area contributed by atoms with Gasteiger partial charge in [0.1, 0.15) is 0 Å². The van der Waals surface area contributed by atoms with E-state index in [4.69, 9.17) is 0 Å². The van der Waals surface area contributed by atoms with E-state index in [2.05, 4.69) is 43.5 Å². The SMILES string of the molecule is CCn1ncc(Br)c1C(NC)c1ccnnc1. The summed E-state index contributed by atoms with van der Waals surface area (Å²) in [7, 11) is 1.92. The third kappa shape index (κ3) is 2.37. The largest absolute Gasteiger partial charge is 0.308 e. The van der Waals surface area contributed by atoms with Gasteiger partial charge in [0.05, 0.1) is 28.6 Å². The van der Waals surface area contributed by atoms with Crippen LogP contribution in [0.15, 0.2) is 29.1 Å². The fourth-order valence-electron chi connectivity index (χ4n) is 1.84. The Morgan fingerprint density at radius 1 is 1.41 bits per heavy atom. The molecule has 2 rings (SSSR count). The summed E-state index contributed by atoms with van der Waals surface area (Å²) in [5.41, 5.74) is 2.17. The predicted molar refractivity (Wildman–Crippen MR) is 68.5 cm³/mol. The summed E-state index contributed by atoms with van der Waals surface area (Å²) in [6.45, 7) is 2.90. The Labute approximate surface area is 108 Å². The topological polar surface area (TPSA) is 55.6 Å². The minimum atomic E-state index is 0.0577. The van der Waals surface area contributed by atoms with Crippen molar-refractivity contribution in [3.63, 3.8) is 0 Å². The van der Waals surface area contributed by atoms with E-state index in [1.807, 2.05) is 24.0 Å². The normalized spacial score (nSPS) is 12.6. The second-order valence-corrected chi connectivity index (χ2v) is 4.45. The molecule has 0 fully saturated rings. The van der Waals surface area contributed by atoms with Gasteiger partial charge in [-0.15, -0.1) is 0 Å². The van der Waals surface area contributed by atoms with Crippen LogP contribution in [0.5, 0.6) is 0 Å². The van der Waals surface area contributed by atoms with E-state index in [0.717, 1.165) is 22.3 Å². The van der Waals surface area contributed by atoms with E-state index >= 15 is 0 Å². The van der Waals surface area contributed by atoms with Crippen molar-refractivity contribution in [1.82, 2.24) is 25.3 Å². The first kappa shape index (κ1) is 12.2. The van der Waals surface area contributed by atoms with Gasteiger partial charge in [-0.1, -0.05) is 0 Å². The highest BCUT2D eigenvalue weighted by atomic mass is 79.9. The highest BCUT2D eigenvalue weighted by Gasteiger charge is 2.20. The number of aryl methyl sites for hydroxylation is 1. The number of rotatable bonds is 4. The summed E-state index contributed by atoms with van der Waals surface area (Å²) < 4.78 is 2.96. The molecule has 2 aromatic rings. The number of nitrogens with zero attached hydrogens (tertiary/aromatic N) is 4. The lowest BCUT2D eigenvalue weighted by atomic mass is 10.1. The smallest absolute Gasteiger partial charge is 0.0773 e. The number of aromatic nitrogens is 4. The average molecular weight is 296 g/mol. The van der Waals surface area contributed by atoms with Crippen molar-refractivity contribution >= 4 is 15.9 Å². The number of hydrogen-bond donors (Lipinski definition) is 1. The predicted octanol–water partition coefficient (Wildman–Crippen LogP) is 1.76. The van der Waals surface area contributed by atoms with Crippen molar-refractivity contribution in [3.05, 3.63) is 40.4 Å². The van der Waals surface area contributed by atoms with Crippen LogP contribution < -0.4 is 5.32 Å². The van der Waals surface area contributed by atoms with E-state index in [1.165, 1.54) is 0 Å². The molecule has 0 amide bonds. The van der Waals surface area contributed by atoms with Gasteiger partial charge in [0.25, 0.3) is 0 Å². The van der Waals surface area contributed by atoms with Gasteiger partial charge in [0.2, 0.25) is 0 Å². The molecule has 5 nitrogen and oxygen atoms in total. The summed E-state index contributed by atoms with van der Waals surface area (Å²) in [6.07, 6.45) is 5.28. The lowest BCUT2D eigenvalue weighted by molar-refractivity contribution is 0.560. The molecule has 0 saturated carbocycles. The lowest BCUT2D eigenvalue weighted by Gasteiger charge is -2.18. The quantitative estimate of drug-likeness (QED) is 0.934. The van der Waals surface area contributed by atoms with Gasteiger partial charge in [-0.2, -0.15) is 15.3 Å². The molecule has 0 aliphatic rings. The van der Waals surface area contributed by atoms with Gasteiger partial charge in [-0.25, -0.2) is 0 Å². The number of halogens is 1. The molecule has 17 heavy (non-hydrogen) atoms. The molecule has 0 saturated heterocycles. The van der Waals surface area contributed by atoms with Crippen molar-refractivity contribution in [2.24, 2.45) is 0 Å². The van der Waals surface area contributed by atoms with Crippen LogP contribution in [0.25, 0.3) is 0 Å². The van der Waals surface area contributed by atoms with E-state index in [9.17, 15) is 0 Å². The van der Waals surface area contributed by atoms with Crippen LogP contribution in [0.1, 0.15) is 24.2 Å². The van der Waals surface area contributed by atoms with Gasteiger partial charge >= 0.3 is 0 Å². The van der Waals surface area contributed by atoms with Gasteiger partial charge in [0, 0.05) is 12.7 Å². The zero-order chi connectivity index (χ0) is 12.3. The Balaban J connectivity index is 2.45. The third-order valence-electron chi connectivity index (χ3n) is 2.64. The Hall–Kier alpha value is -1.27. The maximum Gasteiger partial charge on any atom is 0.0773 e. The molecule has 6 heteroatoms. The lowest BCUT2D eigenvalue weighted by Crippen LogP contribution is -2.22. The van der Waals surface area contributed by atoms with Gasteiger partial charge in [0.15, 0.2) is 0 Å². The molecule has 0 radical (unpaired) electrons. The average Bonchev–Trinajstić information content (AvgIpc) is 2.74. The molecule has 0 aliphatic carbocycles. The van der Waals surface area contributed by atoms with Crippen molar-refractivity contribution in [2.45, 2.75) is 19.5 Å². The van der Waals surface area contributed by atoms with E-state index < -0.39 is 0 Å². The maximum absolute atomic E-state index is 4.32.